The van der Waals surface area contributed by atoms with Crippen molar-refractivity contribution in [3.8, 4) is 0 Å². The number of carbonyl (C=O) groups is 1. The fraction of sp³-hybridized carbons (Fsp3) is 0.966. The maximum absolute atomic E-state index is 13.3. The molecule has 6 heteroatoms. The molecule has 0 radical (unpaired) electrons. The predicted molar refractivity (Wildman–Crippen MR) is 151 cm³/mol. The van der Waals surface area contributed by atoms with E-state index in [2.05, 4.69) is 88.5 Å². The van der Waals surface area contributed by atoms with E-state index in [-0.39, 0.29) is 45.3 Å². The van der Waals surface area contributed by atoms with Gasteiger partial charge in [-0.05, 0) is 74.8 Å². The van der Waals surface area contributed by atoms with E-state index in [1.165, 1.54) is 0 Å². The normalized spacial score (nSPS) is 38.0. The Bertz CT molecular complexity index is 795. The molecule has 0 spiro atoms. The van der Waals surface area contributed by atoms with Crippen LogP contribution in [0.4, 0.5) is 0 Å². The molecule has 0 amide bonds. The maximum Gasteiger partial charge on any atom is 0.192 e. The van der Waals surface area contributed by atoms with Gasteiger partial charge in [-0.2, -0.15) is 0 Å². The quantitative estimate of drug-likeness (QED) is 0.341. The van der Waals surface area contributed by atoms with E-state index in [9.17, 15) is 4.79 Å². The number of carbonyl (C=O) groups excluding carboxylic acids is 1. The van der Waals surface area contributed by atoms with Crippen LogP contribution in [0, 0.1) is 16.7 Å². The third kappa shape index (κ3) is 5.17. The van der Waals surface area contributed by atoms with E-state index < -0.39 is 16.6 Å². The highest BCUT2D eigenvalue weighted by molar-refractivity contribution is 6.74. The molecule has 35 heavy (non-hydrogen) atoms. The second-order valence-electron chi connectivity index (χ2n) is 15.5. The summed E-state index contributed by atoms with van der Waals surface area (Å²) in [6, 6.07) is 0. The Morgan fingerprint density at radius 2 is 1.54 bits per heavy atom. The summed E-state index contributed by atoms with van der Waals surface area (Å²) < 4.78 is 21.2. The molecule has 204 valence electrons. The minimum Gasteiger partial charge on any atom is -0.413 e. The molecule has 1 saturated heterocycles. The van der Waals surface area contributed by atoms with Crippen LogP contribution in [-0.2, 0) is 18.4 Å². The van der Waals surface area contributed by atoms with Crippen molar-refractivity contribution in [2.75, 3.05) is 0 Å². The van der Waals surface area contributed by atoms with Crippen molar-refractivity contribution in [2.24, 2.45) is 16.7 Å². The van der Waals surface area contributed by atoms with Crippen LogP contribution in [0.15, 0.2) is 0 Å². The maximum atomic E-state index is 13.3. The lowest BCUT2D eigenvalue weighted by atomic mass is 9.47. The molecule has 2 aliphatic carbocycles. The first kappa shape index (κ1) is 29.5. The molecule has 4 nitrogen and oxygen atoms in total. The molecule has 1 heterocycles. The Hall–Kier alpha value is -0.0162. The third-order valence-corrected chi connectivity index (χ3v) is 20.3. The molecule has 0 aromatic rings. The van der Waals surface area contributed by atoms with Crippen LogP contribution in [0.1, 0.15) is 101 Å². The standard InChI is InChI=1S/C29H56O4Si2/c1-20(32-34(10,11)26(2,3)4)21-19-25(33-35(12,13)27(5,6)7)29(9)22-15-14-16-23(30)28(22,8)18-17-24(29)31-21/h20-22,24-25H,14-19H2,1-13H3/t20?,21-,22-,24+,25-,28+,29+/m1/s1. The van der Waals surface area contributed by atoms with Crippen LogP contribution >= 0.6 is 0 Å². The molecular weight excluding hydrogens is 468 g/mol. The summed E-state index contributed by atoms with van der Waals surface area (Å²) >= 11 is 0. The largest absolute Gasteiger partial charge is 0.413 e. The number of hydrogen-bond acceptors (Lipinski definition) is 4. The van der Waals surface area contributed by atoms with Crippen LogP contribution in [0.25, 0.3) is 0 Å². The zero-order valence-corrected chi connectivity index (χ0v) is 27.3. The molecule has 3 fully saturated rings. The van der Waals surface area contributed by atoms with E-state index in [4.69, 9.17) is 13.6 Å². The van der Waals surface area contributed by atoms with Crippen molar-refractivity contribution in [3.05, 3.63) is 0 Å². The Morgan fingerprint density at radius 3 is 2.09 bits per heavy atom. The topological polar surface area (TPSA) is 44.8 Å². The van der Waals surface area contributed by atoms with Gasteiger partial charge in [-0.3, -0.25) is 4.79 Å². The van der Waals surface area contributed by atoms with Crippen molar-refractivity contribution in [1.82, 2.24) is 0 Å². The van der Waals surface area contributed by atoms with Crippen molar-refractivity contribution >= 4 is 22.4 Å². The number of fused-ring (bicyclic) bond motifs is 3. The van der Waals surface area contributed by atoms with Gasteiger partial charge >= 0.3 is 0 Å². The lowest BCUT2D eigenvalue weighted by molar-refractivity contribution is -0.248. The fourth-order valence-corrected chi connectivity index (χ4v) is 9.50. The number of ketones is 1. The molecule has 3 aliphatic rings. The highest BCUT2D eigenvalue weighted by Gasteiger charge is 2.64. The first-order chi connectivity index (χ1) is 15.7. The molecule has 0 bridgehead atoms. The summed E-state index contributed by atoms with van der Waals surface area (Å²) in [6.07, 6.45) is 5.85. The van der Waals surface area contributed by atoms with Crippen LogP contribution in [0.2, 0.25) is 36.3 Å². The van der Waals surface area contributed by atoms with Gasteiger partial charge in [0, 0.05) is 23.7 Å². The van der Waals surface area contributed by atoms with Crippen LogP contribution < -0.4 is 0 Å². The third-order valence-electron chi connectivity index (χ3n) is 11.2. The van der Waals surface area contributed by atoms with Gasteiger partial charge in [0.15, 0.2) is 16.6 Å². The fourth-order valence-electron chi connectivity index (χ4n) is 6.65. The summed E-state index contributed by atoms with van der Waals surface area (Å²) in [7, 11) is -3.95. The van der Waals surface area contributed by atoms with Gasteiger partial charge in [0.05, 0.1) is 24.4 Å². The van der Waals surface area contributed by atoms with Crippen LogP contribution in [0.3, 0.4) is 0 Å². The van der Waals surface area contributed by atoms with E-state index >= 15 is 0 Å². The average molecular weight is 525 g/mol. The Balaban J connectivity index is 1.98. The van der Waals surface area contributed by atoms with Crippen molar-refractivity contribution in [1.29, 1.82) is 0 Å². The minimum absolute atomic E-state index is 0.0283. The molecule has 0 aromatic carbocycles. The molecule has 7 atom stereocenters. The monoisotopic (exact) mass is 524 g/mol. The number of ether oxygens (including phenoxy) is 1. The molecule has 0 N–H and O–H groups in total. The lowest BCUT2D eigenvalue weighted by Crippen LogP contribution is -2.67. The first-order valence-corrected chi connectivity index (χ1v) is 20.0. The Morgan fingerprint density at radius 1 is 0.971 bits per heavy atom. The Kier molecular flexibility index (Phi) is 7.87. The first-order valence-electron chi connectivity index (χ1n) is 14.2. The van der Waals surface area contributed by atoms with E-state index in [0.717, 1.165) is 38.5 Å². The lowest BCUT2D eigenvalue weighted by Gasteiger charge is -2.63. The summed E-state index contributed by atoms with van der Waals surface area (Å²) in [5, 5.41) is 0.298. The van der Waals surface area contributed by atoms with Gasteiger partial charge in [-0.15, -0.1) is 0 Å². The smallest absolute Gasteiger partial charge is 0.192 e. The molecule has 3 rings (SSSR count). The van der Waals surface area contributed by atoms with Gasteiger partial charge in [-0.25, -0.2) is 0 Å². The SMILES string of the molecule is CC(O[Si](C)(C)C(C)(C)C)[C@H]1C[C@@H](O[Si](C)(C)C(C)(C)C)[C@]2(C)[C@H](CC[C@]3(C)C(=O)CCC[C@@H]23)O1. The van der Waals surface area contributed by atoms with E-state index in [1.807, 2.05) is 0 Å². The molecule has 0 aromatic heterocycles. The van der Waals surface area contributed by atoms with E-state index in [0.29, 0.717) is 11.7 Å². The summed E-state index contributed by atoms with van der Waals surface area (Å²) in [4.78, 5) is 13.3. The molecule has 1 unspecified atom stereocenters. The second-order valence-corrected chi connectivity index (χ2v) is 25.1. The zero-order valence-electron chi connectivity index (χ0n) is 25.3. The summed E-state index contributed by atoms with van der Waals surface area (Å²) in [5.74, 6) is 0.790. The van der Waals surface area contributed by atoms with Crippen molar-refractivity contribution in [3.63, 3.8) is 0 Å². The predicted octanol–water partition coefficient (Wildman–Crippen LogP) is 8.12. The van der Waals surface area contributed by atoms with Gasteiger partial charge < -0.3 is 13.6 Å². The highest BCUT2D eigenvalue weighted by Crippen LogP contribution is 2.62. The van der Waals surface area contributed by atoms with Crippen molar-refractivity contribution in [2.45, 2.75) is 162 Å². The highest BCUT2D eigenvalue weighted by atomic mass is 28.4. The van der Waals surface area contributed by atoms with Gasteiger partial charge in [0.1, 0.15) is 5.78 Å². The minimum atomic E-state index is -2.03. The number of Topliss-reactive ketones (excluding diaryl/α,β-unsaturated/α-hetero) is 1. The van der Waals surface area contributed by atoms with Gasteiger partial charge in [0.25, 0.3) is 0 Å². The average Bonchev–Trinajstić information content (AvgIpc) is 2.67. The van der Waals surface area contributed by atoms with Crippen LogP contribution in [-0.4, -0.2) is 46.8 Å². The molecule has 1 aliphatic heterocycles. The number of rotatable bonds is 5. The Labute approximate surface area is 218 Å². The summed E-state index contributed by atoms with van der Waals surface area (Å²) in [5.41, 5.74) is -0.385. The van der Waals surface area contributed by atoms with Gasteiger partial charge in [0.2, 0.25) is 0 Å². The van der Waals surface area contributed by atoms with E-state index in [1.54, 1.807) is 0 Å². The number of hydrogen-bond donors (Lipinski definition) is 0. The van der Waals surface area contributed by atoms with Gasteiger partial charge in [-0.1, -0.05) is 55.4 Å². The molecular formula is C29H56O4Si2. The zero-order chi connectivity index (χ0) is 26.8. The van der Waals surface area contributed by atoms with Crippen molar-refractivity contribution < 1.29 is 18.4 Å². The summed E-state index contributed by atoms with van der Waals surface area (Å²) in [6.45, 7) is 30.2. The second kappa shape index (κ2) is 9.32. The molecule has 2 saturated carbocycles. The van der Waals surface area contributed by atoms with Crippen LogP contribution in [0.5, 0.6) is 0 Å².